The van der Waals surface area contributed by atoms with E-state index in [2.05, 4.69) is 33.8 Å². The maximum atomic E-state index is 10.4. The molecule has 0 saturated carbocycles. The molecule has 1 fully saturated rings. The summed E-state index contributed by atoms with van der Waals surface area (Å²) in [5.74, 6) is 1.76. The lowest BCUT2D eigenvalue weighted by molar-refractivity contribution is 0.0270. The molecule has 23 heavy (non-hydrogen) atoms. The number of methoxy groups -OCH3 is 1. The topological polar surface area (TPSA) is 41.9 Å². The Morgan fingerprint density at radius 2 is 2.13 bits per heavy atom. The SMILES string of the molecule is CCCN1CCC(O)C(Cc2cc(Br)c(OCC)c(OC)c2)C1. The van der Waals surface area contributed by atoms with Gasteiger partial charge in [0.05, 0.1) is 24.3 Å². The van der Waals surface area contributed by atoms with E-state index in [1.165, 1.54) is 5.56 Å². The molecule has 1 aromatic carbocycles. The van der Waals surface area contributed by atoms with Crippen LogP contribution in [0.15, 0.2) is 16.6 Å². The monoisotopic (exact) mass is 385 g/mol. The zero-order chi connectivity index (χ0) is 16.8. The number of aliphatic hydroxyl groups excluding tert-OH is 1. The van der Waals surface area contributed by atoms with Crippen molar-refractivity contribution in [3.05, 3.63) is 22.2 Å². The number of halogens is 1. The maximum Gasteiger partial charge on any atom is 0.175 e. The second-order valence-electron chi connectivity index (χ2n) is 6.16. The van der Waals surface area contributed by atoms with Gasteiger partial charge in [0.25, 0.3) is 0 Å². The third-order valence-corrected chi connectivity index (χ3v) is 4.98. The second kappa shape index (κ2) is 8.90. The van der Waals surface area contributed by atoms with Crippen LogP contribution in [0, 0.1) is 5.92 Å². The van der Waals surface area contributed by atoms with Gasteiger partial charge < -0.3 is 19.5 Å². The Morgan fingerprint density at radius 1 is 1.35 bits per heavy atom. The van der Waals surface area contributed by atoms with Crippen LogP contribution in [0.4, 0.5) is 0 Å². The Morgan fingerprint density at radius 3 is 2.78 bits per heavy atom. The molecule has 5 heteroatoms. The fourth-order valence-electron chi connectivity index (χ4n) is 3.29. The van der Waals surface area contributed by atoms with Gasteiger partial charge in [-0.1, -0.05) is 6.92 Å². The first-order valence-electron chi connectivity index (χ1n) is 8.48. The molecule has 2 rings (SSSR count). The minimum Gasteiger partial charge on any atom is -0.493 e. The fraction of sp³-hybridized carbons (Fsp3) is 0.667. The molecule has 0 bridgehead atoms. The van der Waals surface area contributed by atoms with Gasteiger partial charge in [-0.2, -0.15) is 0 Å². The van der Waals surface area contributed by atoms with Gasteiger partial charge in [-0.25, -0.2) is 0 Å². The molecule has 1 aliphatic heterocycles. The molecule has 0 amide bonds. The number of piperidine rings is 1. The quantitative estimate of drug-likeness (QED) is 0.779. The highest BCUT2D eigenvalue weighted by molar-refractivity contribution is 9.10. The van der Waals surface area contributed by atoms with Crippen molar-refractivity contribution in [3.63, 3.8) is 0 Å². The molecule has 1 saturated heterocycles. The number of ether oxygens (including phenoxy) is 2. The summed E-state index contributed by atoms with van der Waals surface area (Å²) in [6.45, 7) is 7.83. The van der Waals surface area contributed by atoms with Crippen molar-refractivity contribution in [2.24, 2.45) is 5.92 Å². The van der Waals surface area contributed by atoms with Crippen molar-refractivity contribution in [1.82, 2.24) is 4.90 Å². The molecule has 1 heterocycles. The zero-order valence-corrected chi connectivity index (χ0v) is 15.9. The minimum atomic E-state index is -0.223. The average Bonchev–Trinajstić information content (AvgIpc) is 2.53. The summed E-state index contributed by atoms with van der Waals surface area (Å²) in [4.78, 5) is 2.46. The highest BCUT2D eigenvalue weighted by Crippen LogP contribution is 2.37. The van der Waals surface area contributed by atoms with E-state index in [1.54, 1.807) is 7.11 Å². The number of aliphatic hydroxyl groups is 1. The van der Waals surface area contributed by atoms with Crippen LogP contribution >= 0.6 is 15.9 Å². The molecular weight excluding hydrogens is 358 g/mol. The Labute approximate surface area is 147 Å². The smallest absolute Gasteiger partial charge is 0.175 e. The predicted molar refractivity (Wildman–Crippen MR) is 96.4 cm³/mol. The summed E-state index contributed by atoms with van der Waals surface area (Å²) >= 11 is 3.58. The van der Waals surface area contributed by atoms with Gasteiger partial charge in [-0.15, -0.1) is 0 Å². The first-order valence-corrected chi connectivity index (χ1v) is 9.27. The van der Waals surface area contributed by atoms with Crippen molar-refractivity contribution < 1.29 is 14.6 Å². The average molecular weight is 386 g/mol. The van der Waals surface area contributed by atoms with Gasteiger partial charge in [0, 0.05) is 19.0 Å². The van der Waals surface area contributed by atoms with E-state index < -0.39 is 0 Å². The number of likely N-dealkylation sites (tertiary alicyclic amines) is 1. The van der Waals surface area contributed by atoms with Crippen molar-refractivity contribution in [1.29, 1.82) is 0 Å². The summed E-state index contributed by atoms with van der Waals surface area (Å²) in [7, 11) is 1.66. The Hall–Kier alpha value is -0.780. The summed E-state index contributed by atoms with van der Waals surface area (Å²) in [6, 6.07) is 4.11. The van der Waals surface area contributed by atoms with Gasteiger partial charge in [0.2, 0.25) is 0 Å². The van der Waals surface area contributed by atoms with Gasteiger partial charge in [0.15, 0.2) is 11.5 Å². The van der Waals surface area contributed by atoms with Crippen LogP contribution in [0.25, 0.3) is 0 Å². The lowest BCUT2D eigenvalue weighted by Crippen LogP contribution is -2.44. The molecule has 1 aromatic rings. The van der Waals surface area contributed by atoms with Gasteiger partial charge in [0.1, 0.15) is 0 Å². The molecule has 1 aliphatic rings. The fourth-order valence-corrected chi connectivity index (χ4v) is 3.90. The molecule has 2 unspecified atom stereocenters. The Bertz CT molecular complexity index is 509. The number of rotatable bonds is 7. The maximum absolute atomic E-state index is 10.4. The van der Waals surface area contributed by atoms with Crippen LogP contribution in [-0.4, -0.2) is 49.5 Å². The summed E-state index contributed by atoms with van der Waals surface area (Å²) in [6.07, 6.45) is 2.65. The number of hydrogen-bond acceptors (Lipinski definition) is 4. The van der Waals surface area contributed by atoms with Crippen LogP contribution in [-0.2, 0) is 6.42 Å². The van der Waals surface area contributed by atoms with E-state index in [-0.39, 0.29) is 12.0 Å². The van der Waals surface area contributed by atoms with Crippen LogP contribution in [0.2, 0.25) is 0 Å². The Kier molecular flexibility index (Phi) is 7.18. The van der Waals surface area contributed by atoms with Crippen molar-refractivity contribution in [3.8, 4) is 11.5 Å². The lowest BCUT2D eigenvalue weighted by atomic mass is 9.88. The highest BCUT2D eigenvalue weighted by Gasteiger charge is 2.28. The second-order valence-corrected chi connectivity index (χ2v) is 7.02. The van der Waals surface area contributed by atoms with Gasteiger partial charge in [-0.05, 0) is 66.4 Å². The molecule has 2 atom stereocenters. The standard InChI is InChI=1S/C18H28BrNO3/c1-4-7-20-8-6-16(21)14(12-20)9-13-10-15(19)18(23-5-2)17(11-13)22-3/h10-11,14,16,21H,4-9,12H2,1-3H3. The molecule has 0 aliphatic carbocycles. The molecule has 4 nitrogen and oxygen atoms in total. The minimum absolute atomic E-state index is 0.223. The van der Waals surface area contributed by atoms with Crippen LogP contribution in [0.1, 0.15) is 32.3 Å². The third-order valence-electron chi connectivity index (χ3n) is 4.39. The summed E-state index contributed by atoms with van der Waals surface area (Å²) in [5, 5.41) is 10.4. The molecule has 130 valence electrons. The van der Waals surface area contributed by atoms with Crippen molar-refractivity contribution in [2.45, 2.75) is 39.2 Å². The summed E-state index contributed by atoms with van der Waals surface area (Å²) < 4.78 is 12.0. The van der Waals surface area contributed by atoms with E-state index in [0.29, 0.717) is 6.61 Å². The van der Waals surface area contributed by atoms with Crippen LogP contribution in [0.3, 0.4) is 0 Å². The highest BCUT2D eigenvalue weighted by atomic mass is 79.9. The van der Waals surface area contributed by atoms with Crippen LogP contribution < -0.4 is 9.47 Å². The first-order chi connectivity index (χ1) is 11.1. The predicted octanol–water partition coefficient (Wildman–Crippen LogP) is 3.49. The Balaban J connectivity index is 2.13. The molecule has 0 radical (unpaired) electrons. The molecule has 0 spiro atoms. The van der Waals surface area contributed by atoms with Gasteiger partial charge >= 0.3 is 0 Å². The lowest BCUT2D eigenvalue weighted by Gasteiger charge is -2.36. The van der Waals surface area contributed by atoms with Crippen molar-refractivity contribution in [2.75, 3.05) is 33.4 Å². The summed E-state index contributed by atoms with van der Waals surface area (Å²) in [5.41, 5.74) is 1.17. The van der Waals surface area contributed by atoms with Crippen molar-refractivity contribution >= 4 is 15.9 Å². The normalized spacial score (nSPS) is 22.1. The van der Waals surface area contributed by atoms with Gasteiger partial charge in [-0.3, -0.25) is 0 Å². The zero-order valence-electron chi connectivity index (χ0n) is 14.3. The largest absolute Gasteiger partial charge is 0.493 e. The molecule has 1 N–H and O–H groups in total. The van der Waals surface area contributed by atoms with Crippen LogP contribution in [0.5, 0.6) is 11.5 Å². The van der Waals surface area contributed by atoms with E-state index in [1.807, 2.05) is 13.0 Å². The van der Waals surface area contributed by atoms with E-state index >= 15 is 0 Å². The van der Waals surface area contributed by atoms with E-state index in [0.717, 1.165) is 54.9 Å². The number of hydrogen-bond donors (Lipinski definition) is 1. The number of benzene rings is 1. The molecule has 0 aromatic heterocycles. The van der Waals surface area contributed by atoms with E-state index in [4.69, 9.17) is 9.47 Å². The number of nitrogens with zero attached hydrogens (tertiary/aromatic N) is 1. The third kappa shape index (κ3) is 4.85. The van der Waals surface area contributed by atoms with E-state index in [9.17, 15) is 5.11 Å². The first kappa shape index (κ1) is 18.6. The molecular formula is C18H28BrNO3.